The van der Waals surface area contributed by atoms with Crippen LogP contribution in [0.5, 0.6) is 5.75 Å². The molecule has 0 bridgehead atoms. The van der Waals surface area contributed by atoms with Gasteiger partial charge in [-0.3, -0.25) is 0 Å². The Labute approximate surface area is 148 Å². The number of fused-ring (bicyclic) bond motifs is 1. The Morgan fingerprint density at radius 1 is 1.20 bits per heavy atom. The van der Waals surface area contributed by atoms with Gasteiger partial charge in [0.05, 0.1) is 25.5 Å². The van der Waals surface area contributed by atoms with Crippen molar-refractivity contribution < 1.29 is 13.9 Å². The lowest BCUT2D eigenvalue weighted by atomic mass is 9.93. The predicted octanol–water partition coefficient (Wildman–Crippen LogP) is 4.21. The highest BCUT2D eigenvalue weighted by Crippen LogP contribution is 2.35. The zero-order chi connectivity index (χ0) is 17.2. The lowest BCUT2D eigenvalue weighted by Gasteiger charge is -2.29. The van der Waals surface area contributed by atoms with Crippen molar-refractivity contribution in [2.75, 3.05) is 13.7 Å². The zero-order valence-corrected chi connectivity index (χ0v) is 14.5. The molecule has 1 N–H and O–H groups in total. The van der Waals surface area contributed by atoms with Gasteiger partial charge in [0.1, 0.15) is 11.5 Å². The molecule has 5 heteroatoms. The number of furan rings is 1. The highest BCUT2D eigenvalue weighted by atomic mass is 16.5. The van der Waals surface area contributed by atoms with Gasteiger partial charge in [-0.2, -0.15) is 0 Å². The SMILES string of the molecule is COc1ccc(C2CCCN2C(=O)NC2CCCc3occc32)cc1. The van der Waals surface area contributed by atoms with Gasteiger partial charge in [0.25, 0.3) is 0 Å². The lowest BCUT2D eigenvalue weighted by molar-refractivity contribution is 0.187. The lowest BCUT2D eigenvalue weighted by Crippen LogP contribution is -2.41. The van der Waals surface area contributed by atoms with E-state index >= 15 is 0 Å². The maximum Gasteiger partial charge on any atom is 0.318 e. The molecular weight excluding hydrogens is 316 g/mol. The summed E-state index contributed by atoms with van der Waals surface area (Å²) in [7, 11) is 1.67. The molecule has 2 heterocycles. The molecule has 1 aliphatic carbocycles. The fraction of sp³-hybridized carbons (Fsp3) is 0.450. The van der Waals surface area contributed by atoms with Gasteiger partial charge in [-0.15, -0.1) is 0 Å². The van der Waals surface area contributed by atoms with Crippen molar-refractivity contribution in [3.8, 4) is 5.75 Å². The Balaban J connectivity index is 1.48. The average Bonchev–Trinajstić information content (AvgIpc) is 3.31. The van der Waals surface area contributed by atoms with E-state index in [-0.39, 0.29) is 18.1 Å². The Morgan fingerprint density at radius 2 is 2.04 bits per heavy atom. The van der Waals surface area contributed by atoms with E-state index in [1.807, 2.05) is 23.1 Å². The van der Waals surface area contributed by atoms with Crippen LogP contribution >= 0.6 is 0 Å². The summed E-state index contributed by atoms with van der Waals surface area (Å²) in [6, 6.07) is 10.3. The van der Waals surface area contributed by atoms with Crippen LogP contribution in [-0.2, 0) is 6.42 Å². The van der Waals surface area contributed by atoms with Gasteiger partial charge in [0.2, 0.25) is 0 Å². The number of urea groups is 1. The Bertz CT molecular complexity index is 738. The van der Waals surface area contributed by atoms with Crippen molar-refractivity contribution in [3.63, 3.8) is 0 Å². The molecule has 2 amide bonds. The minimum Gasteiger partial charge on any atom is -0.497 e. The number of likely N-dealkylation sites (tertiary alicyclic amines) is 1. The van der Waals surface area contributed by atoms with Gasteiger partial charge in [-0.05, 0) is 49.4 Å². The summed E-state index contributed by atoms with van der Waals surface area (Å²) in [6.45, 7) is 0.799. The van der Waals surface area contributed by atoms with Crippen LogP contribution in [0.4, 0.5) is 4.79 Å². The zero-order valence-electron chi connectivity index (χ0n) is 14.5. The van der Waals surface area contributed by atoms with Gasteiger partial charge < -0.3 is 19.4 Å². The van der Waals surface area contributed by atoms with E-state index in [0.717, 1.165) is 55.7 Å². The van der Waals surface area contributed by atoms with E-state index in [2.05, 4.69) is 17.4 Å². The van der Waals surface area contributed by atoms with Gasteiger partial charge in [-0.25, -0.2) is 4.79 Å². The van der Waals surface area contributed by atoms with Gasteiger partial charge in [-0.1, -0.05) is 12.1 Å². The second-order valence-electron chi connectivity index (χ2n) is 6.82. The molecule has 1 aromatic heterocycles. The van der Waals surface area contributed by atoms with E-state index in [0.29, 0.717) is 0 Å². The number of methoxy groups -OCH3 is 1. The molecular formula is C20H24N2O3. The molecule has 2 aliphatic rings. The van der Waals surface area contributed by atoms with Crippen LogP contribution in [0.3, 0.4) is 0 Å². The number of amides is 2. The summed E-state index contributed by atoms with van der Waals surface area (Å²) in [4.78, 5) is 14.9. The quantitative estimate of drug-likeness (QED) is 0.910. The number of hydrogen-bond donors (Lipinski definition) is 1. The van der Waals surface area contributed by atoms with Crippen molar-refractivity contribution in [3.05, 3.63) is 53.5 Å². The molecule has 5 nitrogen and oxygen atoms in total. The predicted molar refractivity (Wildman–Crippen MR) is 94.6 cm³/mol. The van der Waals surface area contributed by atoms with E-state index in [1.165, 1.54) is 5.56 Å². The standard InChI is InChI=1S/C20H24N2O3/c1-24-15-9-7-14(8-10-15)18-5-3-12-22(18)20(23)21-17-4-2-6-19-16(17)11-13-25-19/h7-11,13,17-18H,2-6,12H2,1H3,(H,21,23). The number of nitrogens with zero attached hydrogens (tertiary/aromatic N) is 1. The number of nitrogens with one attached hydrogen (secondary N) is 1. The summed E-state index contributed by atoms with van der Waals surface area (Å²) in [5, 5.41) is 3.23. The van der Waals surface area contributed by atoms with Crippen molar-refractivity contribution in [2.45, 2.75) is 44.2 Å². The first kappa shape index (κ1) is 16.1. The van der Waals surface area contributed by atoms with Crippen LogP contribution < -0.4 is 10.1 Å². The monoisotopic (exact) mass is 340 g/mol. The fourth-order valence-electron chi connectivity index (χ4n) is 4.05. The maximum absolute atomic E-state index is 12.9. The molecule has 1 aliphatic heterocycles. The third kappa shape index (κ3) is 3.11. The second-order valence-corrected chi connectivity index (χ2v) is 6.82. The normalized spacial score (nSPS) is 22.5. The molecule has 0 saturated carbocycles. The summed E-state index contributed by atoms with van der Waals surface area (Å²) >= 11 is 0. The molecule has 0 spiro atoms. The van der Waals surface area contributed by atoms with Crippen molar-refractivity contribution in [2.24, 2.45) is 0 Å². The fourth-order valence-corrected chi connectivity index (χ4v) is 4.05. The number of carbonyl (C=O) groups is 1. The van der Waals surface area contributed by atoms with Crippen LogP contribution in [0.2, 0.25) is 0 Å². The Kier molecular flexibility index (Phi) is 4.38. The molecule has 2 unspecified atom stereocenters. The number of benzene rings is 1. The first-order chi connectivity index (χ1) is 12.3. The molecule has 2 atom stereocenters. The van der Waals surface area contributed by atoms with E-state index < -0.39 is 0 Å². The summed E-state index contributed by atoms with van der Waals surface area (Å²) < 4.78 is 10.8. The molecule has 1 aromatic carbocycles. The minimum absolute atomic E-state index is 0.0253. The topological polar surface area (TPSA) is 54.7 Å². The summed E-state index contributed by atoms with van der Waals surface area (Å²) in [6.07, 6.45) is 6.75. The van der Waals surface area contributed by atoms with Crippen LogP contribution in [-0.4, -0.2) is 24.6 Å². The third-order valence-electron chi connectivity index (χ3n) is 5.36. The maximum atomic E-state index is 12.9. The average molecular weight is 340 g/mol. The first-order valence-electron chi connectivity index (χ1n) is 9.03. The van der Waals surface area contributed by atoms with Gasteiger partial charge in [0, 0.05) is 18.5 Å². The minimum atomic E-state index is 0.0253. The smallest absolute Gasteiger partial charge is 0.318 e. The molecule has 1 fully saturated rings. The first-order valence-corrected chi connectivity index (χ1v) is 9.03. The third-order valence-corrected chi connectivity index (χ3v) is 5.36. The highest BCUT2D eigenvalue weighted by Gasteiger charge is 2.32. The van der Waals surface area contributed by atoms with Crippen LogP contribution in [0.15, 0.2) is 41.0 Å². The number of rotatable bonds is 3. The van der Waals surface area contributed by atoms with Crippen LogP contribution in [0.25, 0.3) is 0 Å². The Morgan fingerprint density at radius 3 is 2.84 bits per heavy atom. The Hall–Kier alpha value is -2.43. The van der Waals surface area contributed by atoms with Crippen LogP contribution in [0.1, 0.15) is 54.7 Å². The van der Waals surface area contributed by atoms with Crippen LogP contribution in [0, 0.1) is 0 Å². The largest absolute Gasteiger partial charge is 0.497 e. The van der Waals surface area contributed by atoms with Crippen molar-refractivity contribution in [1.29, 1.82) is 0 Å². The number of hydrogen-bond acceptors (Lipinski definition) is 3. The van der Waals surface area contributed by atoms with Crippen molar-refractivity contribution >= 4 is 6.03 Å². The second kappa shape index (κ2) is 6.82. The molecule has 4 rings (SSSR count). The summed E-state index contributed by atoms with van der Waals surface area (Å²) in [5.74, 6) is 1.86. The van der Waals surface area contributed by atoms with Gasteiger partial charge >= 0.3 is 6.03 Å². The van der Waals surface area contributed by atoms with E-state index in [9.17, 15) is 4.79 Å². The number of ether oxygens (including phenoxy) is 1. The molecule has 132 valence electrons. The summed E-state index contributed by atoms with van der Waals surface area (Å²) in [5.41, 5.74) is 2.31. The molecule has 25 heavy (non-hydrogen) atoms. The molecule has 2 aromatic rings. The number of carbonyl (C=O) groups excluding carboxylic acids is 1. The highest BCUT2D eigenvalue weighted by molar-refractivity contribution is 5.75. The molecule has 1 saturated heterocycles. The van der Waals surface area contributed by atoms with Gasteiger partial charge in [0.15, 0.2) is 0 Å². The van der Waals surface area contributed by atoms with E-state index in [4.69, 9.17) is 9.15 Å². The van der Waals surface area contributed by atoms with Crippen molar-refractivity contribution in [1.82, 2.24) is 10.2 Å². The molecule has 0 radical (unpaired) electrons. The number of aryl methyl sites for hydroxylation is 1. The van der Waals surface area contributed by atoms with E-state index in [1.54, 1.807) is 13.4 Å².